The zero-order valence-electron chi connectivity index (χ0n) is 11.8. The van der Waals surface area contributed by atoms with Crippen LogP contribution in [0.4, 0.5) is 5.69 Å². The van der Waals surface area contributed by atoms with Gasteiger partial charge in [-0.2, -0.15) is 0 Å². The molecule has 106 valence electrons. The summed E-state index contributed by atoms with van der Waals surface area (Å²) in [5, 5.41) is 3.56. The van der Waals surface area contributed by atoms with E-state index in [0.717, 1.165) is 23.0 Å². The number of hydrogen-bond acceptors (Lipinski definition) is 2. The van der Waals surface area contributed by atoms with Gasteiger partial charge in [0.15, 0.2) is 0 Å². The van der Waals surface area contributed by atoms with E-state index in [9.17, 15) is 0 Å². The third kappa shape index (κ3) is 4.36. The summed E-state index contributed by atoms with van der Waals surface area (Å²) in [5.41, 5.74) is 8.33. The predicted octanol–water partition coefficient (Wildman–Crippen LogP) is 4.21. The highest BCUT2D eigenvalue weighted by Gasteiger charge is 2.21. The highest BCUT2D eigenvalue weighted by atomic mass is 79.9. The fourth-order valence-corrected chi connectivity index (χ4v) is 2.59. The molecule has 0 bridgehead atoms. The maximum Gasteiger partial charge on any atom is 0.0470 e. The van der Waals surface area contributed by atoms with Gasteiger partial charge in [-0.25, -0.2) is 0 Å². The summed E-state index contributed by atoms with van der Waals surface area (Å²) >= 11 is 3.50. The molecular weight excluding hydrogens is 312 g/mol. The molecule has 2 aromatic carbocycles. The zero-order valence-corrected chi connectivity index (χ0v) is 13.4. The highest BCUT2D eigenvalue weighted by molar-refractivity contribution is 9.10. The molecule has 0 saturated heterocycles. The predicted molar refractivity (Wildman–Crippen MR) is 90.0 cm³/mol. The SMILES string of the molecule is CC(CN)(CCc1ccccc1)Nc1cccc(Br)c1. The van der Waals surface area contributed by atoms with Crippen LogP contribution in [0, 0.1) is 0 Å². The van der Waals surface area contributed by atoms with Crippen LogP contribution in [0.5, 0.6) is 0 Å². The Morgan fingerprint density at radius 2 is 1.85 bits per heavy atom. The number of halogens is 1. The van der Waals surface area contributed by atoms with Gasteiger partial charge in [-0.3, -0.25) is 0 Å². The normalized spacial score (nSPS) is 13.8. The number of anilines is 1. The van der Waals surface area contributed by atoms with Crippen LogP contribution < -0.4 is 11.1 Å². The van der Waals surface area contributed by atoms with E-state index in [-0.39, 0.29) is 5.54 Å². The van der Waals surface area contributed by atoms with Crippen molar-refractivity contribution in [2.75, 3.05) is 11.9 Å². The fourth-order valence-electron chi connectivity index (χ4n) is 2.20. The molecule has 0 heterocycles. The first-order valence-corrected chi connectivity index (χ1v) is 7.68. The van der Waals surface area contributed by atoms with E-state index in [2.05, 4.69) is 64.6 Å². The van der Waals surface area contributed by atoms with Crippen LogP contribution in [0.3, 0.4) is 0 Å². The van der Waals surface area contributed by atoms with E-state index in [0.29, 0.717) is 6.54 Å². The number of rotatable bonds is 6. The van der Waals surface area contributed by atoms with Crippen LogP contribution in [-0.2, 0) is 6.42 Å². The topological polar surface area (TPSA) is 38.0 Å². The molecule has 0 aliphatic carbocycles. The number of hydrogen-bond donors (Lipinski definition) is 2. The Morgan fingerprint density at radius 3 is 2.50 bits per heavy atom. The van der Waals surface area contributed by atoms with E-state index in [1.807, 2.05) is 18.2 Å². The lowest BCUT2D eigenvalue weighted by Crippen LogP contribution is -2.43. The van der Waals surface area contributed by atoms with Gasteiger partial charge in [0.05, 0.1) is 0 Å². The smallest absolute Gasteiger partial charge is 0.0470 e. The average molecular weight is 333 g/mol. The summed E-state index contributed by atoms with van der Waals surface area (Å²) in [4.78, 5) is 0. The summed E-state index contributed by atoms with van der Waals surface area (Å²) < 4.78 is 1.07. The quantitative estimate of drug-likeness (QED) is 0.831. The second kappa shape index (κ2) is 6.91. The van der Waals surface area contributed by atoms with Crippen LogP contribution in [0.2, 0.25) is 0 Å². The fraction of sp³-hybridized carbons (Fsp3) is 0.294. The average Bonchev–Trinajstić information content (AvgIpc) is 2.46. The van der Waals surface area contributed by atoms with Crippen LogP contribution in [-0.4, -0.2) is 12.1 Å². The second-order valence-corrected chi connectivity index (χ2v) is 6.30. The van der Waals surface area contributed by atoms with Gasteiger partial charge in [-0.05, 0) is 43.5 Å². The van der Waals surface area contributed by atoms with E-state index in [4.69, 9.17) is 5.73 Å². The standard InChI is InChI=1S/C17H21BrN2/c1-17(13-19,11-10-14-6-3-2-4-7-14)20-16-9-5-8-15(18)12-16/h2-9,12,20H,10-11,13,19H2,1H3. The summed E-state index contributed by atoms with van der Waals surface area (Å²) in [6.45, 7) is 2.78. The minimum Gasteiger partial charge on any atom is -0.379 e. The molecule has 0 fully saturated rings. The van der Waals surface area contributed by atoms with Crippen molar-refractivity contribution in [3.63, 3.8) is 0 Å². The van der Waals surface area contributed by atoms with Gasteiger partial charge in [0, 0.05) is 22.2 Å². The van der Waals surface area contributed by atoms with Crippen molar-refractivity contribution in [1.82, 2.24) is 0 Å². The molecule has 2 rings (SSSR count). The summed E-state index contributed by atoms with van der Waals surface area (Å²) in [6, 6.07) is 18.7. The molecule has 2 aromatic rings. The third-order valence-corrected chi connectivity index (χ3v) is 4.02. The third-order valence-electron chi connectivity index (χ3n) is 3.53. The molecule has 2 nitrogen and oxygen atoms in total. The summed E-state index contributed by atoms with van der Waals surface area (Å²) in [5.74, 6) is 0. The molecule has 3 heteroatoms. The maximum atomic E-state index is 5.98. The van der Waals surface area contributed by atoms with E-state index >= 15 is 0 Å². The number of nitrogens with two attached hydrogens (primary N) is 1. The van der Waals surface area contributed by atoms with E-state index in [1.165, 1.54) is 5.56 Å². The lowest BCUT2D eigenvalue weighted by atomic mass is 9.93. The summed E-state index contributed by atoms with van der Waals surface area (Å²) in [6.07, 6.45) is 2.02. The lowest BCUT2D eigenvalue weighted by molar-refractivity contribution is 0.483. The Balaban J connectivity index is 2.01. The van der Waals surface area contributed by atoms with Crippen LogP contribution in [0.15, 0.2) is 59.1 Å². The Morgan fingerprint density at radius 1 is 1.10 bits per heavy atom. The Bertz CT molecular complexity index is 542. The van der Waals surface area contributed by atoms with Crippen molar-refractivity contribution >= 4 is 21.6 Å². The monoisotopic (exact) mass is 332 g/mol. The molecule has 0 amide bonds. The minimum absolute atomic E-state index is 0.101. The van der Waals surface area contributed by atoms with Crippen molar-refractivity contribution in [1.29, 1.82) is 0 Å². The van der Waals surface area contributed by atoms with Crippen molar-refractivity contribution in [2.24, 2.45) is 5.73 Å². The Hall–Kier alpha value is -1.32. The summed E-state index contributed by atoms with van der Waals surface area (Å²) in [7, 11) is 0. The largest absolute Gasteiger partial charge is 0.379 e. The molecule has 0 spiro atoms. The second-order valence-electron chi connectivity index (χ2n) is 5.39. The maximum absolute atomic E-state index is 5.98. The molecule has 20 heavy (non-hydrogen) atoms. The molecule has 0 saturated carbocycles. The van der Waals surface area contributed by atoms with Crippen molar-refractivity contribution in [3.8, 4) is 0 Å². The van der Waals surface area contributed by atoms with Crippen LogP contribution in [0.1, 0.15) is 18.9 Å². The molecule has 1 atom stereocenters. The van der Waals surface area contributed by atoms with Gasteiger partial charge in [0.2, 0.25) is 0 Å². The van der Waals surface area contributed by atoms with Crippen molar-refractivity contribution < 1.29 is 0 Å². The molecule has 0 aliphatic heterocycles. The Kier molecular flexibility index (Phi) is 5.21. The molecule has 0 aliphatic rings. The highest BCUT2D eigenvalue weighted by Crippen LogP contribution is 2.22. The first kappa shape index (κ1) is 15.1. The van der Waals surface area contributed by atoms with Gasteiger partial charge >= 0.3 is 0 Å². The van der Waals surface area contributed by atoms with Crippen LogP contribution >= 0.6 is 15.9 Å². The molecule has 0 radical (unpaired) electrons. The van der Waals surface area contributed by atoms with Gasteiger partial charge in [-0.1, -0.05) is 52.3 Å². The molecule has 1 unspecified atom stereocenters. The first-order valence-electron chi connectivity index (χ1n) is 6.89. The van der Waals surface area contributed by atoms with E-state index in [1.54, 1.807) is 0 Å². The van der Waals surface area contributed by atoms with Gasteiger partial charge in [0.1, 0.15) is 0 Å². The molecule has 3 N–H and O–H groups in total. The van der Waals surface area contributed by atoms with Gasteiger partial charge in [-0.15, -0.1) is 0 Å². The van der Waals surface area contributed by atoms with Gasteiger partial charge in [0.25, 0.3) is 0 Å². The van der Waals surface area contributed by atoms with Gasteiger partial charge < -0.3 is 11.1 Å². The number of aryl methyl sites for hydroxylation is 1. The number of nitrogens with one attached hydrogen (secondary N) is 1. The Labute approximate surface area is 129 Å². The zero-order chi connectivity index (χ0) is 14.4. The van der Waals surface area contributed by atoms with Crippen molar-refractivity contribution in [2.45, 2.75) is 25.3 Å². The minimum atomic E-state index is -0.101. The van der Waals surface area contributed by atoms with Crippen molar-refractivity contribution in [3.05, 3.63) is 64.6 Å². The number of benzene rings is 2. The molecular formula is C17H21BrN2. The van der Waals surface area contributed by atoms with Crippen LogP contribution in [0.25, 0.3) is 0 Å². The first-order chi connectivity index (χ1) is 9.61. The lowest BCUT2D eigenvalue weighted by Gasteiger charge is -2.31. The van der Waals surface area contributed by atoms with E-state index < -0.39 is 0 Å². The molecule has 0 aromatic heterocycles.